The van der Waals surface area contributed by atoms with Gasteiger partial charge in [-0.05, 0) is 61.0 Å². The van der Waals surface area contributed by atoms with Crippen molar-refractivity contribution in [2.45, 2.75) is 73.0 Å². The molecule has 1 fully saturated rings. The summed E-state index contributed by atoms with van der Waals surface area (Å²) in [4.78, 5) is 16.5. The first kappa shape index (κ1) is 22.1. The van der Waals surface area contributed by atoms with Gasteiger partial charge in [-0.25, -0.2) is 4.79 Å². The van der Waals surface area contributed by atoms with Gasteiger partial charge < -0.3 is 20.3 Å². The first-order valence-electron chi connectivity index (χ1n) is 9.46. The van der Waals surface area contributed by atoms with E-state index in [-0.39, 0.29) is 11.6 Å². The van der Waals surface area contributed by atoms with Crippen LogP contribution in [0.25, 0.3) is 0 Å². The normalized spacial score (nSPS) is 19.6. The summed E-state index contributed by atoms with van der Waals surface area (Å²) in [5.74, 6) is 0. The van der Waals surface area contributed by atoms with Crippen molar-refractivity contribution >= 4 is 6.09 Å². The van der Waals surface area contributed by atoms with Crippen LogP contribution < -0.4 is 5.73 Å². The molecular weight excluding hydrogens is 326 g/mol. The lowest BCUT2D eigenvalue weighted by molar-refractivity contribution is -0.00511. The molecule has 5 heteroatoms. The van der Waals surface area contributed by atoms with Crippen molar-refractivity contribution in [1.82, 2.24) is 9.80 Å². The molecule has 0 aliphatic carbocycles. The Balaban J connectivity index is 3.06. The highest BCUT2D eigenvalue weighted by atomic mass is 16.6. The molecule has 0 aromatic heterocycles. The summed E-state index contributed by atoms with van der Waals surface area (Å²) in [6.07, 6.45) is 6.91. The molecule has 0 aromatic carbocycles. The standard InChI is InChI=1S/C21H37N3O2/c1-9-16(3)11-12-18(17(22)10-2)24-14-13-23(15-21(24,7)8)19(25)26-20(4,5)6/h10-12H,9,13-15,22H2,1-8H3/b16-11+,17-10+,18-12+. The number of carbonyl (C=O) groups is 1. The minimum atomic E-state index is -0.485. The van der Waals surface area contributed by atoms with Crippen molar-refractivity contribution in [3.63, 3.8) is 0 Å². The zero-order chi connectivity index (χ0) is 20.1. The summed E-state index contributed by atoms with van der Waals surface area (Å²) < 4.78 is 5.54. The zero-order valence-corrected chi connectivity index (χ0v) is 17.8. The maximum absolute atomic E-state index is 12.4. The number of carbonyl (C=O) groups excluding carboxylic acids is 1. The van der Waals surface area contributed by atoms with Gasteiger partial charge in [-0.3, -0.25) is 0 Å². The SMILES string of the molecule is C\C=C(N)/C(=C\C=C(/C)CC)N1CCN(C(=O)OC(C)(C)C)CC1(C)C. The third-order valence-corrected chi connectivity index (χ3v) is 4.53. The zero-order valence-electron chi connectivity index (χ0n) is 17.8. The summed E-state index contributed by atoms with van der Waals surface area (Å²) in [6.45, 7) is 18.1. The Morgan fingerprint density at radius 3 is 2.31 bits per heavy atom. The number of amides is 1. The second-order valence-electron chi connectivity index (χ2n) is 8.53. The molecule has 0 saturated carbocycles. The van der Waals surface area contributed by atoms with Crippen LogP contribution in [0, 0.1) is 0 Å². The van der Waals surface area contributed by atoms with E-state index in [0.29, 0.717) is 19.6 Å². The number of hydrogen-bond donors (Lipinski definition) is 1. The highest BCUT2D eigenvalue weighted by molar-refractivity contribution is 5.68. The number of ether oxygens (including phenoxy) is 1. The predicted octanol–water partition coefficient (Wildman–Crippen LogP) is 4.42. The molecule has 2 N–H and O–H groups in total. The molecule has 5 nitrogen and oxygen atoms in total. The van der Waals surface area contributed by atoms with Crippen LogP contribution >= 0.6 is 0 Å². The molecule has 1 aliphatic heterocycles. The number of hydrogen-bond acceptors (Lipinski definition) is 4. The van der Waals surface area contributed by atoms with E-state index in [4.69, 9.17) is 10.5 Å². The first-order valence-corrected chi connectivity index (χ1v) is 9.46. The quantitative estimate of drug-likeness (QED) is 0.751. The lowest BCUT2D eigenvalue weighted by atomic mass is 9.97. The molecule has 26 heavy (non-hydrogen) atoms. The number of allylic oxidation sites excluding steroid dienone is 4. The molecule has 0 radical (unpaired) electrons. The fraction of sp³-hybridized carbons (Fsp3) is 0.667. The number of piperazine rings is 1. The average Bonchev–Trinajstić information content (AvgIpc) is 2.53. The molecule has 1 aliphatic rings. The van der Waals surface area contributed by atoms with Gasteiger partial charge in [0.05, 0.1) is 16.9 Å². The van der Waals surface area contributed by atoms with Gasteiger partial charge in [-0.15, -0.1) is 0 Å². The van der Waals surface area contributed by atoms with Gasteiger partial charge in [0.25, 0.3) is 0 Å². The third kappa shape index (κ3) is 6.11. The van der Waals surface area contributed by atoms with Crippen LogP contribution in [0.1, 0.15) is 61.8 Å². The van der Waals surface area contributed by atoms with Gasteiger partial charge in [0.2, 0.25) is 0 Å². The second kappa shape index (κ2) is 8.65. The van der Waals surface area contributed by atoms with E-state index in [1.807, 2.05) is 33.8 Å². The Kier molecular flexibility index (Phi) is 7.36. The summed E-state index contributed by atoms with van der Waals surface area (Å²) in [5, 5.41) is 0. The number of nitrogens with two attached hydrogens (primary N) is 1. The van der Waals surface area contributed by atoms with Crippen LogP contribution in [0.4, 0.5) is 4.79 Å². The van der Waals surface area contributed by atoms with Crippen molar-refractivity contribution in [3.05, 3.63) is 35.2 Å². The monoisotopic (exact) mass is 363 g/mol. The number of rotatable bonds is 4. The molecule has 0 spiro atoms. The predicted molar refractivity (Wildman–Crippen MR) is 109 cm³/mol. The van der Waals surface area contributed by atoms with Gasteiger partial charge in [-0.1, -0.05) is 24.6 Å². The second-order valence-corrected chi connectivity index (χ2v) is 8.53. The van der Waals surface area contributed by atoms with Crippen LogP contribution in [-0.4, -0.2) is 46.7 Å². The van der Waals surface area contributed by atoms with Crippen molar-refractivity contribution in [2.75, 3.05) is 19.6 Å². The van der Waals surface area contributed by atoms with E-state index in [1.54, 1.807) is 4.90 Å². The molecule has 0 unspecified atom stereocenters. The summed E-state index contributed by atoms with van der Waals surface area (Å²) in [6, 6.07) is 0. The van der Waals surface area contributed by atoms with Gasteiger partial charge in [0, 0.05) is 19.6 Å². The lowest BCUT2D eigenvalue weighted by Crippen LogP contribution is -2.60. The maximum atomic E-state index is 12.4. The van der Waals surface area contributed by atoms with E-state index in [9.17, 15) is 4.79 Å². The van der Waals surface area contributed by atoms with Crippen molar-refractivity contribution in [2.24, 2.45) is 5.73 Å². The topological polar surface area (TPSA) is 58.8 Å². The van der Waals surface area contributed by atoms with E-state index in [2.05, 4.69) is 44.7 Å². The van der Waals surface area contributed by atoms with E-state index >= 15 is 0 Å². The first-order chi connectivity index (χ1) is 11.9. The summed E-state index contributed by atoms with van der Waals surface area (Å²) in [7, 11) is 0. The molecule has 0 bridgehead atoms. The van der Waals surface area contributed by atoms with Crippen LogP contribution in [0.3, 0.4) is 0 Å². The molecular formula is C21H37N3O2. The van der Waals surface area contributed by atoms with Crippen molar-refractivity contribution < 1.29 is 9.53 Å². The lowest BCUT2D eigenvalue weighted by Gasteiger charge is -2.49. The van der Waals surface area contributed by atoms with Gasteiger partial charge in [0.1, 0.15) is 5.60 Å². The molecule has 148 valence electrons. The minimum absolute atomic E-state index is 0.247. The fourth-order valence-electron chi connectivity index (χ4n) is 2.91. The highest BCUT2D eigenvalue weighted by Gasteiger charge is 2.38. The molecule has 1 saturated heterocycles. The molecule has 1 heterocycles. The molecule has 1 amide bonds. The van der Waals surface area contributed by atoms with Gasteiger partial charge in [-0.2, -0.15) is 0 Å². The number of nitrogens with zero attached hydrogens (tertiary/aromatic N) is 2. The Morgan fingerprint density at radius 2 is 1.85 bits per heavy atom. The smallest absolute Gasteiger partial charge is 0.410 e. The summed E-state index contributed by atoms with van der Waals surface area (Å²) >= 11 is 0. The van der Waals surface area contributed by atoms with Crippen LogP contribution in [0.2, 0.25) is 0 Å². The van der Waals surface area contributed by atoms with E-state index in [0.717, 1.165) is 17.8 Å². The Hall–Kier alpha value is -1.91. The van der Waals surface area contributed by atoms with Gasteiger partial charge in [0.15, 0.2) is 0 Å². The Morgan fingerprint density at radius 1 is 1.23 bits per heavy atom. The van der Waals surface area contributed by atoms with E-state index < -0.39 is 5.60 Å². The van der Waals surface area contributed by atoms with Crippen LogP contribution in [-0.2, 0) is 4.74 Å². The van der Waals surface area contributed by atoms with Crippen LogP contribution in [0.15, 0.2) is 35.2 Å². The molecule has 1 rings (SSSR count). The Bertz CT molecular complexity index is 595. The highest BCUT2D eigenvalue weighted by Crippen LogP contribution is 2.29. The Labute approximate surface area is 159 Å². The van der Waals surface area contributed by atoms with Gasteiger partial charge >= 0.3 is 6.09 Å². The largest absolute Gasteiger partial charge is 0.444 e. The summed E-state index contributed by atoms with van der Waals surface area (Å²) in [5.41, 5.74) is 8.62. The minimum Gasteiger partial charge on any atom is -0.444 e. The molecule has 0 aromatic rings. The van der Waals surface area contributed by atoms with Crippen LogP contribution in [0.5, 0.6) is 0 Å². The fourth-order valence-corrected chi connectivity index (χ4v) is 2.91. The molecule has 0 atom stereocenters. The van der Waals surface area contributed by atoms with E-state index in [1.165, 1.54) is 5.57 Å². The maximum Gasteiger partial charge on any atom is 0.410 e. The van der Waals surface area contributed by atoms with Crippen molar-refractivity contribution in [3.8, 4) is 0 Å². The van der Waals surface area contributed by atoms with Crippen molar-refractivity contribution in [1.29, 1.82) is 0 Å². The average molecular weight is 364 g/mol. The third-order valence-electron chi connectivity index (χ3n) is 4.53.